The third kappa shape index (κ3) is 25.7. The fourth-order valence-electron chi connectivity index (χ4n) is 12.9. The van der Waals surface area contributed by atoms with Gasteiger partial charge in [0, 0.05) is 61.8 Å². The number of alkyl halides is 3. The summed E-state index contributed by atoms with van der Waals surface area (Å²) in [6.45, 7) is 0.582. The highest BCUT2D eigenvalue weighted by atomic mass is 31.2. The van der Waals surface area contributed by atoms with Crippen LogP contribution < -0.4 is 52.0 Å². The summed E-state index contributed by atoms with van der Waals surface area (Å²) in [5.74, 6) is -5.15. The summed E-state index contributed by atoms with van der Waals surface area (Å²) in [6.07, 6.45) is 6.38. The maximum Gasteiger partial charge on any atom is 0.490 e. The third-order valence-electron chi connectivity index (χ3n) is 18.3. The number of likely N-dealkylation sites (N-methyl/N-ethyl adjacent to an activating group) is 2. The molecule has 578 valence electrons. The molecule has 10 rings (SSSR count). The molecule has 4 aliphatic heterocycles. The molecule has 0 spiro atoms. The van der Waals surface area contributed by atoms with Crippen LogP contribution in [-0.4, -0.2) is 201 Å². The molecule has 10 atom stereocenters. The van der Waals surface area contributed by atoms with Crippen LogP contribution in [0.4, 0.5) is 13.2 Å². The largest absolute Gasteiger partial charge is 0.490 e. The lowest BCUT2D eigenvalue weighted by Crippen LogP contribution is -2.58. The van der Waals surface area contributed by atoms with E-state index in [0.29, 0.717) is 88.7 Å². The quantitative estimate of drug-likeness (QED) is 0.0288. The topological polar surface area (TPSA) is 467 Å². The Morgan fingerprint density at radius 2 is 0.879 bits per heavy atom. The van der Waals surface area contributed by atoms with Gasteiger partial charge < -0.3 is 96.5 Å². The number of carboxylic acid groups (broad SMARTS) is 1. The fraction of sp³-hybridized carbons (Fsp3) is 0.443. The fourth-order valence-corrected chi connectivity index (χ4v) is 13.6. The van der Waals surface area contributed by atoms with Gasteiger partial charge in [0.1, 0.15) is 47.8 Å². The number of aliphatic carboxylic acids is 1. The number of halogens is 3. The Hall–Kier alpha value is -9.86. The van der Waals surface area contributed by atoms with Crippen molar-refractivity contribution in [3.05, 3.63) is 168 Å². The van der Waals surface area contributed by atoms with Crippen LogP contribution in [0.2, 0.25) is 0 Å². The molecular formula is C70H89F3N14O18P2. The van der Waals surface area contributed by atoms with Crippen LogP contribution in [0.5, 0.6) is 11.5 Å². The zero-order valence-corrected chi connectivity index (χ0v) is 60.4. The molecule has 2 aromatic heterocycles. The molecule has 4 fully saturated rings. The molecule has 4 saturated heterocycles. The summed E-state index contributed by atoms with van der Waals surface area (Å²) in [6, 6.07) is 25.2. The number of carbonyl (C=O) groups excluding carboxylic acids is 8. The monoisotopic (exact) mass is 1530 g/mol. The molecule has 0 aliphatic carbocycles. The van der Waals surface area contributed by atoms with E-state index in [1.54, 1.807) is 84.8 Å². The van der Waals surface area contributed by atoms with Crippen LogP contribution in [0.1, 0.15) is 97.8 Å². The van der Waals surface area contributed by atoms with Gasteiger partial charge in [-0.2, -0.15) is 13.2 Å². The predicted molar refractivity (Wildman–Crippen MR) is 379 cm³/mol. The molecule has 2 unspecified atom stereocenters. The molecule has 15 N–H and O–H groups in total. The molecule has 6 aromatic rings. The van der Waals surface area contributed by atoms with Crippen LogP contribution in [0.15, 0.2) is 134 Å². The highest BCUT2D eigenvalue weighted by Gasteiger charge is 2.48. The lowest BCUT2D eigenvalue weighted by atomic mass is 10.0. The molecule has 32 nitrogen and oxygen atoms in total. The van der Waals surface area contributed by atoms with Crippen molar-refractivity contribution < 1.29 is 99.6 Å². The molecule has 107 heavy (non-hydrogen) atoms. The van der Waals surface area contributed by atoms with Crippen LogP contribution >= 0.6 is 15.2 Å². The molecule has 6 heterocycles. The lowest BCUT2D eigenvalue weighted by Gasteiger charge is -2.32. The SMILES string of the molecule is CN[C@H](Cc1ccc(OCP(=O)(O)O)cc1)C(=O)N[C@H]1CCCC2CC[C@@H](C(=O)N[C@@H](Cc3cnc[nH]3)C(=O)NCc3ccccc3)N2C1=O.CN[C@H](Cc1ccc(OCP(=O)(O)O)cc1)C(=O)N[C@H]1CCCC2CC[C@@H](C(=O)N[C@@H](Cc3cnc[nH]3)C(=O)NCc3ccccc3)N2C1=O.O=C(O)C(F)(F)F. The highest BCUT2D eigenvalue weighted by molar-refractivity contribution is 7.51. The van der Waals surface area contributed by atoms with Gasteiger partial charge in [-0.05, 0) is 138 Å². The number of amides is 8. The number of carboxylic acids is 1. The highest BCUT2D eigenvalue weighted by Crippen LogP contribution is 2.37. The number of benzene rings is 4. The number of aromatic nitrogens is 4. The van der Waals surface area contributed by atoms with Crippen molar-refractivity contribution in [2.45, 2.75) is 170 Å². The Labute approximate surface area is 613 Å². The maximum absolute atomic E-state index is 14.0. The van der Waals surface area contributed by atoms with E-state index >= 15 is 0 Å². The first-order valence-electron chi connectivity index (χ1n) is 34.6. The summed E-state index contributed by atoms with van der Waals surface area (Å²) in [5, 5.41) is 30.5. The zero-order valence-electron chi connectivity index (χ0n) is 58.6. The normalized spacial score (nSPS) is 19.7. The second-order valence-electron chi connectivity index (χ2n) is 26.1. The van der Waals surface area contributed by atoms with Crippen LogP contribution in [0, 0.1) is 0 Å². The van der Waals surface area contributed by atoms with E-state index in [2.05, 4.69) is 62.5 Å². The van der Waals surface area contributed by atoms with E-state index in [-0.39, 0.29) is 84.7 Å². The second-order valence-corrected chi connectivity index (χ2v) is 29.3. The molecule has 4 aliphatic rings. The number of imidazole rings is 2. The summed E-state index contributed by atoms with van der Waals surface area (Å²) in [7, 11) is -5.35. The molecule has 0 radical (unpaired) electrons. The van der Waals surface area contributed by atoms with Crippen molar-refractivity contribution in [2.24, 2.45) is 0 Å². The summed E-state index contributed by atoms with van der Waals surface area (Å²) in [4.78, 5) is 171. The van der Waals surface area contributed by atoms with Gasteiger partial charge in [-0.15, -0.1) is 0 Å². The molecular weight excluding hydrogens is 1440 g/mol. The average molecular weight is 1530 g/mol. The number of rotatable bonds is 30. The minimum Gasteiger partial charge on any atom is -0.481 e. The number of hydrogen-bond donors (Lipinski definition) is 15. The lowest BCUT2D eigenvalue weighted by molar-refractivity contribution is -0.192. The number of nitrogens with zero attached hydrogens (tertiary/aromatic N) is 4. The second kappa shape index (κ2) is 39.1. The van der Waals surface area contributed by atoms with E-state index in [1.165, 1.54) is 12.7 Å². The zero-order chi connectivity index (χ0) is 77.4. The number of aromatic amines is 2. The van der Waals surface area contributed by atoms with Gasteiger partial charge in [0.15, 0.2) is 12.7 Å². The van der Waals surface area contributed by atoms with E-state index < -0.39 is 100 Å². The summed E-state index contributed by atoms with van der Waals surface area (Å²) < 4.78 is 64.1. The van der Waals surface area contributed by atoms with Gasteiger partial charge >= 0.3 is 27.3 Å². The number of hydrogen-bond acceptors (Lipinski definition) is 17. The third-order valence-corrected chi connectivity index (χ3v) is 19.3. The molecule has 4 aromatic carbocycles. The minimum absolute atomic E-state index is 0.149. The molecule has 0 saturated carbocycles. The molecule has 8 amide bonds. The first-order valence-corrected chi connectivity index (χ1v) is 38.2. The van der Waals surface area contributed by atoms with Crippen LogP contribution in [0.3, 0.4) is 0 Å². The van der Waals surface area contributed by atoms with Gasteiger partial charge in [0.25, 0.3) is 0 Å². The van der Waals surface area contributed by atoms with Gasteiger partial charge in [0.05, 0.1) is 24.7 Å². The van der Waals surface area contributed by atoms with Crippen molar-refractivity contribution in [3.63, 3.8) is 0 Å². The average Bonchev–Trinajstić information content (AvgIpc) is 1.66. The van der Waals surface area contributed by atoms with Crippen molar-refractivity contribution in [1.29, 1.82) is 0 Å². The number of H-pyrrole nitrogens is 2. The summed E-state index contributed by atoms with van der Waals surface area (Å²) in [5.41, 5.74) is 4.71. The maximum atomic E-state index is 14.0. The van der Waals surface area contributed by atoms with E-state index in [9.17, 15) is 60.7 Å². The Morgan fingerprint density at radius 3 is 1.20 bits per heavy atom. The van der Waals surface area contributed by atoms with Crippen molar-refractivity contribution >= 4 is 68.4 Å². The Kier molecular flexibility index (Phi) is 30.3. The van der Waals surface area contributed by atoms with Gasteiger partial charge in [-0.1, -0.05) is 84.9 Å². The van der Waals surface area contributed by atoms with E-state index in [0.717, 1.165) is 22.3 Å². The number of fused-ring (bicyclic) bond motifs is 2. The van der Waals surface area contributed by atoms with Gasteiger partial charge in [-0.25, -0.2) is 14.8 Å². The van der Waals surface area contributed by atoms with Gasteiger partial charge in [0.2, 0.25) is 47.3 Å². The number of ether oxygens (including phenoxy) is 2. The van der Waals surface area contributed by atoms with Crippen molar-refractivity contribution in [1.82, 2.24) is 72.3 Å². The van der Waals surface area contributed by atoms with Crippen molar-refractivity contribution in [2.75, 3.05) is 26.8 Å². The molecule has 37 heteroatoms. The first kappa shape index (κ1) is 82.8. The predicted octanol–water partition coefficient (Wildman–Crippen LogP) is 2.89. The first-order chi connectivity index (χ1) is 50.9. The van der Waals surface area contributed by atoms with Crippen molar-refractivity contribution in [3.8, 4) is 11.5 Å². The standard InChI is InChI=1S/2C34H44N7O8P.C2HF3O2/c2*1-35-28(16-22-10-13-26(14-11-22)49-21-50(46,47)48)32(43)39-27-9-5-8-25-12-15-30(41(25)34(27)45)33(44)40-29(17-24-19-36-20-38-24)31(42)37-18-23-6-3-2-4-7-23;3-2(4,5)1(6)7/h2*2-4,6-7,10-11,13-14,19-20,25,27-30,35H,5,8-9,12,15-18,21H2,1H3,(H,36,38)(H,37,42)(H,39,43)(H,40,44)(H2,46,47,48);(H,6,7)/t2*25?,27-,28+,29-,30-;/m00./s1. The van der Waals surface area contributed by atoms with Crippen LogP contribution in [-0.2, 0) is 91.1 Å². The van der Waals surface area contributed by atoms with E-state index in [1.807, 2.05) is 60.7 Å². The smallest absolute Gasteiger partial charge is 0.481 e. The number of carbonyl (C=O) groups is 9. The molecule has 0 bridgehead atoms. The Bertz CT molecular complexity index is 3790. The minimum atomic E-state index is -5.08. The van der Waals surface area contributed by atoms with E-state index in [4.69, 9.17) is 38.9 Å². The number of nitrogens with one attached hydrogen (secondary N) is 10. The van der Waals surface area contributed by atoms with Gasteiger partial charge in [-0.3, -0.25) is 47.5 Å². The Morgan fingerprint density at radius 1 is 0.514 bits per heavy atom. The van der Waals surface area contributed by atoms with Crippen LogP contribution in [0.25, 0.3) is 0 Å². The summed E-state index contributed by atoms with van der Waals surface area (Å²) >= 11 is 0. The Balaban J connectivity index is 0.000000248.